The zero-order chi connectivity index (χ0) is 15.1. The molecule has 1 aromatic rings. The summed E-state index contributed by atoms with van der Waals surface area (Å²) in [6.45, 7) is 1.28. The van der Waals surface area contributed by atoms with Crippen LogP contribution in [0.3, 0.4) is 0 Å². The molecule has 0 saturated heterocycles. The SMILES string of the molecule is COCCOC(=O)CC1CCOCOc2cc(O)ccc21. The standard InChI is InChI=1S/C15H20O6/c1-18-6-7-20-15(17)8-11-4-5-19-10-21-14-9-12(16)2-3-13(11)14/h2-3,9,11,16H,4-8,10H2,1H3. The minimum atomic E-state index is -0.281. The number of carbonyl (C=O) groups is 1. The van der Waals surface area contributed by atoms with Crippen LogP contribution in [0.2, 0.25) is 0 Å². The van der Waals surface area contributed by atoms with Gasteiger partial charge in [0.2, 0.25) is 0 Å². The van der Waals surface area contributed by atoms with E-state index in [1.165, 1.54) is 6.07 Å². The maximum Gasteiger partial charge on any atom is 0.306 e. The number of hydrogen-bond donors (Lipinski definition) is 1. The normalized spacial score (nSPS) is 18.0. The van der Waals surface area contributed by atoms with Crippen LogP contribution in [0.15, 0.2) is 18.2 Å². The van der Waals surface area contributed by atoms with Crippen molar-refractivity contribution in [2.45, 2.75) is 18.8 Å². The number of fused-ring (bicyclic) bond motifs is 1. The molecule has 0 spiro atoms. The molecule has 0 amide bonds. The first-order valence-electron chi connectivity index (χ1n) is 6.88. The highest BCUT2D eigenvalue weighted by Crippen LogP contribution is 2.35. The molecular formula is C15H20O6. The summed E-state index contributed by atoms with van der Waals surface area (Å²) in [6.07, 6.45) is 0.939. The van der Waals surface area contributed by atoms with Crippen LogP contribution in [-0.2, 0) is 19.0 Å². The Labute approximate surface area is 123 Å². The first kappa shape index (κ1) is 15.6. The van der Waals surface area contributed by atoms with Crippen molar-refractivity contribution >= 4 is 5.97 Å². The summed E-state index contributed by atoms with van der Waals surface area (Å²) >= 11 is 0. The smallest absolute Gasteiger partial charge is 0.306 e. The van der Waals surface area contributed by atoms with Gasteiger partial charge in [0.15, 0.2) is 6.79 Å². The number of phenolic OH excluding ortho intramolecular Hbond substituents is 1. The Morgan fingerprint density at radius 1 is 1.43 bits per heavy atom. The molecule has 6 nitrogen and oxygen atoms in total. The Bertz CT molecular complexity index is 473. The zero-order valence-electron chi connectivity index (χ0n) is 12.0. The number of benzene rings is 1. The van der Waals surface area contributed by atoms with Gasteiger partial charge in [-0.3, -0.25) is 4.79 Å². The van der Waals surface area contributed by atoms with Crippen molar-refractivity contribution in [3.63, 3.8) is 0 Å². The second-order valence-corrected chi connectivity index (χ2v) is 4.80. The van der Waals surface area contributed by atoms with E-state index in [9.17, 15) is 9.90 Å². The lowest BCUT2D eigenvalue weighted by atomic mass is 9.91. The molecule has 0 radical (unpaired) electrons. The van der Waals surface area contributed by atoms with Crippen molar-refractivity contribution < 1.29 is 28.8 Å². The van der Waals surface area contributed by atoms with Gasteiger partial charge in [-0.05, 0) is 18.1 Å². The van der Waals surface area contributed by atoms with Gasteiger partial charge in [-0.25, -0.2) is 0 Å². The lowest BCUT2D eigenvalue weighted by Crippen LogP contribution is -2.18. The summed E-state index contributed by atoms with van der Waals surface area (Å²) in [7, 11) is 1.56. The molecule has 0 aliphatic carbocycles. The van der Waals surface area contributed by atoms with E-state index >= 15 is 0 Å². The minimum Gasteiger partial charge on any atom is -0.508 e. The summed E-state index contributed by atoms with van der Waals surface area (Å²) in [6, 6.07) is 4.91. The number of esters is 1. The van der Waals surface area contributed by atoms with Crippen molar-refractivity contribution in [1.82, 2.24) is 0 Å². The van der Waals surface area contributed by atoms with E-state index in [-0.39, 0.29) is 37.5 Å². The van der Waals surface area contributed by atoms with Crippen molar-refractivity contribution in [3.05, 3.63) is 23.8 Å². The molecule has 0 bridgehead atoms. The number of aromatic hydroxyl groups is 1. The van der Waals surface area contributed by atoms with Crippen LogP contribution >= 0.6 is 0 Å². The summed E-state index contributed by atoms with van der Waals surface area (Å²) < 4.78 is 20.7. The molecule has 6 heteroatoms. The highest BCUT2D eigenvalue weighted by molar-refractivity contribution is 5.71. The predicted molar refractivity (Wildman–Crippen MR) is 74.4 cm³/mol. The predicted octanol–water partition coefficient (Wildman–Crippen LogP) is 1.81. The van der Waals surface area contributed by atoms with Gasteiger partial charge in [0, 0.05) is 19.1 Å². The van der Waals surface area contributed by atoms with E-state index in [0.29, 0.717) is 25.4 Å². The third kappa shape index (κ3) is 4.61. The second-order valence-electron chi connectivity index (χ2n) is 4.80. The van der Waals surface area contributed by atoms with E-state index in [1.807, 2.05) is 0 Å². The molecule has 0 aromatic heterocycles. The number of hydrogen-bond acceptors (Lipinski definition) is 6. The number of rotatable bonds is 5. The summed E-state index contributed by atoms with van der Waals surface area (Å²) in [5.74, 6) is 0.327. The van der Waals surface area contributed by atoms with E-state index in [1.54, 1.807) is 19.2 Å². The summed E-state index contributed by atoms with van der Waals surface area (Å²) in [5.41, 5.74) is 0.889. The van der Waals surface area contributed by atoms with Crippen molar-refractivity contribution in [1.29, 1.82) is 0 Å². The van der Waals surface area contributed by atoms with Crippen LogP contribution < -0.4 is 4.74 Å². The molecule has 1 N–H and O–H groups in total. The van der Waals surface area contributed by atoms with Gasteiger partial charge in [-0.1, -0.05) is 6.07 Å². The average Bonchev–Trinajstić information content (AvgIpc) is 2.44. The van der Waals surface area contributed by atoms with Crippen molar-refractivity contribution in [2.24, 2.45) is 0 Å². The summed E-state index contributed by atoms with van der Waals surface area (Å²) in [5, 5.41) is 9.54. The molecule has 1 aliphatic heterocycles. The van der Waals surface area contributed by atoms with Gasteiger partial charge in [0.1, 0.15) is 18.1 Å². The Balaban J connectivity index is 2.06. The Morgan fingerprint density at radius 3 is 3.10 bits per heavy atom. The van der Waals surface area contributed by atoms with Crippen LogP contribution in [0.1, 0.15) is 24.3 Å². The van der Waals surface area contributed by atoms with Crippen molar-refractivity contribution in [3.8, 4) is 11.5 Å². The molecule has 1 aliphatic rings. The number of carbonyl (C=O) groups excluding carboxylic acids is 1. The van der Waals surface area contributed by atoms with Crippen LogP contribution in [0.25, 0.3) is 0 Å². The number of ether oxygens (including phenoxy) is 4. The molecule has 21 heavy (non-hydrogen) atoms. The van der Waals surface area contributed by atoms with Gasteiger partial charge in [0.25, 0.3) is 0 Å². The first-order valence-corrected chi connectivity index (χ1v) is 6.88. The maximum absolute atomic E-state index is 11.9. The van der Waals surface area contributed by atoms with Crippen LogP contribution in [0, 0.1) is 0 Å². The fourth-order valence-electron chi connectivity index (χ4n) is 2.24. The monoisotopic (exact) mass is 296 g/mol. The number of methoxy groups -OCH3 is 1. The quantitative estimate of drug-likeness (QED) is 0.660. The molecule has 0 saturated carbocycles. The van der Waals surface area contributed by atoms with Gasteiger partial charge < -0.3 is 24.1 Å². The lowest BCUT2D eigenvalue weighted by molar-refractivity contribution is -0.145. The topological polar surface area (TPSA) is 74.2 Å². The average molecular weight is 296 g/mol. The van der Waals surface area contributed by atoms with Crippen molar-refractivity contribution in [2.75, 3.05) is 33.7 Å². The summed E-state index contributed by atoms with van der Waals surface area (Å²) in [4.78, 5) is 11.9. The molecule has 1 unspecified atom stereocenters. The second kappa shape index (κ2) is 7.85. The maximum atomic E-state index is 11.9. The van der Waals surface area contributed by atoms with Crippen LogP contribution in [0.5, 0.6) is 11.5 Å². The number of phenols is 1. The third-order valence-electron chi connectivity index (χ3n) is 3.31. The third-order valence-corrected chi connectivity index (χ3v) is 3.31. The molecule has 2 rings (SSSR count). The zero-order valence-corrected chi connectivity index (χ0v) is 12.0. The van der Waals surface area contributed by atoms with Crippen LogP contribution in [-0.4, -0.2) is 44.8 Å². The van der Waals surface area contributed by atoms with E-state index < -0.39 is 0 Å². The van der Waals surface area contributed by atoms with Gasteiger partial charge in [-0.2, -0.15) is 0 Å². The Kier molecular flexibility index (Phi) is 5.83. The van der Waals surface area contributed by atoms with Gasteiger partial charge >= 0.3 is 5.97 Å². The van der Waals surface area contributed by atoms with E-state index in [2.05, 4.69) is 0 Å². The van der Waals surface area contributed by atoms with E-state index in [0.717, 1.165) is 5.56 Å². The molecular weight excluding hydrogens is 276 g/mol. The Morgan fingerprint density at radius 2 is 2.29 bits per heavy atom. The fraction of sp³-hybridized carbons (Fsp3) is 0.533. The highest BCUT2D eigenvalue weighted by Gasteiger charge is 2.22. The molecule has 116 valence electrons. The largest absolute Gasteiger partial charge is 0.508 e. The molecule has 0 fully saturated rings. The molecule has 1 atom stereocenters. The Hall–Kier alpha value is -1.79. The highest BCUT2D eigenvalue weighted by atomic mass is 16.7. The first-order chi connectivity index (χ1) is 10.2. The molecule has 1 heterocycles. The fourth-order valence-corrected chi connectivity index (χ4v) is 2.24. The van der Waals surface area contributed by atoms with E-state index in [4.69, 9.17) is 18.9 Å². The van der Waals surface area contributed by atoms with Crippen LogP contribution in [0.4, 0.5) is 0 Å². The minimum absolute atomic E-state index is 0.0593. The van der Waals surface area contributed by atoms with Gasteiger partial charge in [-0.15, -0.1) is 0 Å². The molecule has 1 aromatic carbocycles. The lowest BCUT2D eigenvalue weighted by Gasteiger charge is -2.23. The van der Waals surface area contributed by atoms with Gasteiger partial charge in [0.05, 0.1) is 19.6 Å².